The highest BCUT2D eigenvalue weighted by Gasteiger charge is 2.25. The van der Waals surface area contributed by atoms with Crippen LogP contribution in [0.1, 0.15) is 42.1 Å². The van der Waals surface area contributed by atoms with Gasteiger partial charge in [0.1, 0.15) is 0 Å². The van der Waals surface area contributed by atoms with Crippen molar-refractivity contribution in [3.8, 4) is 0 Å². The van der Waals surface area contributed by atoms with Gasteiger partial charge >= 0.3 is 0 Å². The van der Waals surface area contributed by atoms with Crippen LogP contribution in [0.2, 0.25) is 0 Å². The van der Waals surface area contributed by atoms with E-state index >= 15 is 0 Å². The molecule has 1 fully saturated rings. The van der Waals surface area contributed by atoms with Crippen molar-refractivity contribution in [1.82, 2.24) is 9.88 Å². The molecule has 3 N–H and O–H groups in total. The van der Waals surface area contributed by atoms with Crippen molar-refractivity contribution in [2.24, 2.45) is 5.73 Å². The quantitative estimate of drug-likeness (QED) is 0.851. The first kappa shape index (κ1) is 15.3. The summed E-state index contributed by atoms with van der Waals surface area (Å²) in [5, 5.41) is 4.00. The number of nitrogens with two attached hydrogens (primary N) is 1. The largest absolute Gasteiger partial charge is 0.366 e. The van der Waals surface area contributed by atoms with Crippen molar-refractivity contribution in [3.63, 3.8) is 0 Å². The molecular weight excluding hydrogens is 290 g/mol. The summed E-state index contributed by atoms with van der Waals surface area (Å²) < 4.78 is 2.14. The summed E-state index contributed by atoms with van der Waals surface area (Å²) in [4.78, 5) is 23.3. The van der Waals surface area contributed by atoms with Crippen molar-refractivity contribution in [2.45, 2.75) is 37.8 Å². The molecule has 2 aromatic rings. The Bertz CT molecular complexity index is 763. The molecule has 0 unspecified atom stereocenters. The molecule has 120 valence electrons. The first-order chi connectivity index (χ1) is 11.1. The van der Waals surface area contributed by atoms with Crippen molar-refractivity contribution in [3.05, 3.63) is 48.7 Å². The van der Waals surface area contributed by atoms with Gasteiger partial charge in [-0.15, -0.1) is 0 Å². The normalized spacial score (nSPS) is 21.0. The minimum atomic E-state index is -0.414. The molecule has 2 atom stereocenters. The van der Waals surface area contributed by atoms with Crippen LogP contribution in [-0.2, 0) is 4.79 Å². The average Bonchev–Trinajstić information content (AvgIpc) is 2.98. The van der Waals surface area contributed by atoms with Crippen LogP contribution in [0.4, 0.5) is 0 Å². The van der Waals surface area contributed by atoms with E-state index in [1.165, 1.54) is 6.08 Å². The van der Waals surface area contributed by atoms with E-state index in [0.29, 0.717) is 5.56 Å². The number of carbonyl (C=O) groups excluding carboxylic acids is 2. The van der Waals surface area contributed by atoms with Gasteiger partial charge in [-0.25, -0.2) is 0 Å². The van der Waals surface area contributed by atoms with Crippen LogP contribution >= 0.6 is 0 Å². The molecule has 5 nitrogen and oxygen atoms in total. The lowest BCUT2D eigenvalue weighted by atomic mass is 9.90. The number of hydrogen-bond donors (Lipinski definition) is 2. The van der Waals surface area contributed by atoms with Crippen molar-refractivity contribution in [2.75, 3.05) is 0 Å². The number of nitrogens with one attached hydrogen (secondary N) is 1. The first-order valence-electron chi connectivity index (χ1n) is 7.92. The Balaban J connectivity index is 1.92. The Morgan fingerprint density at radius 3 is 2.87 bits per heavy atom. The van der Waals surface area contributed by atoms with Gasteiger partial charge in [-0.05, 0) is 43.9 Å². The topological polar surface area (TPSA) is 77.1 Å². The summed E-state index contributed by atoms with van der Waals surface area (Å²) >= 11 is 0. The molecule has 1 heterocycles. The molecule has 2 amide bonds. The first-order valence-corrected chi connectivity index (χ1v) is 7.92. The van der Waals surface area contributed by atoms with Gasteiger partial charge in [0, 0.05) is 23.7 Å². The number of amides is 2. The third-order valence-corrected chi connectivity index (χ3v) is 4.58. The number of carbonyl (C=O) groups is 2. The van der Waals surface area contributed by atoms with Crippen molar-refractivity contribution >= 4 is 22.7 Å². The lowest BCUT2D eigenvalue weighted by molar-refractivity contribution is -0.117. The predicted octanol–water partition coefficient (Wildman–Crippen LogP) is 2.53. The Morgan fingerprint density at radius 2 is 2.13 bits per heavy atom. The van der Waals surface area contributed by atoms with Crippen LogP contribution in [0.5, 0.6) is 0 Å². The molecule has 0 spiro atoms. The van der Waals surface area contributed by atoms with Crippen LogP contribution in [0.3, 0.4) is 0 Å². The molecule has 0 saturated heterocycles. The number of aromatic nitrogens is 1. The third-order valence-electron chi connectivity index (χ3n) is 4.58. The molecule has 0 aliphatic heterocycles. The van der Waals surface area contributed by atoms with E-state index in [2.05, 4.69) is 16.5 Å². The fourth-order valence-corrected chi connectivity index (χ4v) is 3.53. The van der Waals surface area contributed by atoms with Gasteiger partial charge in [-0.1, -0.05) is 18.7 Å². The SMILES string of the molecule is C=CC(=O)N[C@H]1CCC[C@H](n2ccc3cccc(C(N)=O)c32)C1. The highest BCUT2D eigenvalue weighted by Crippen LogP contribution is 2.33. The molecule has 0 bridgehead atoms. The Labute approximate surface area is 135 Å². The van der Waals surface area contributed by atoms with E-state index in [1.807, 2.05) is 24.4 Å². The van der Waals surface area contributed by atoms with Gasteiger partial charge in [-0.3, -0.25) is 9.59 Å². The maximum Gasteiger partial charge on any atom is 0.250 e. The van der Waals surface area contributed by atoms with E-state index in [1.54, 1.807) is 6.07 Å². The smallest absolute Gasteiger partial charge is 0.250 e. The minimum absolute atomic E-state index is 0.133. The second kappa shape index (κ2) is 6.28. The maximum absolute atomic E-state index is 11.7. The Morgan fingerprint density at radius 1 is 1.30 bits per heavy atom. The summed E-state index contributed by atoms with van der Waals surface area (Å²) in [7, 11) is 0. The lowest BCUT2D eigenvalue weighted by Crippen LogP contribution is -2.38. The highest BCUT2D eigenvalue weighted by molar-refractivity contribution is 6.05. The number of hydrogen-bond acceptors (Lipinski definition) is 2. The Hall–Kier alpha value is -2.56. The summed E-state index contributed by atoms with van der Waals surface area (Å²) in [6.07, 6.45) is 7.19. The van der Waals surface area contributed by atoms with E-state index in [9.17, 15) is 9.59 Å². The standard InChI is InChI=1S/C18H21N3O2/c1-2-16(22)20-13-6-4-7-14(11-13)21-10-9-12-5-3-8-15(17(12)21)18(19)23/h2-3,5,8-10,13-14H,1,4,6-7,11H2,(H2,19,23)(H,20,22)/t13-,14-/m0/s1. The molecule has 5 heteroatoms. The summed E-state index contributed by atoms with van der Waals surface area (Å²) in [5.74, 6) is -0.547. The van der Waals surface area contributed by atoms with Gasteiger partial charge in [0.05, 0.1) is 11.1 Å². The number of fused-ring (bicyclic) bond motifs is 1. The number of para-hydroxylation sites is 1. The van der Waals surface area contributed by atoms with Crippen molar-refractivity contribution in [1.29, 1.82) is 0 Å². The average molecular weight is 311 g/mol. The summed E-state index contributed by atoms with van der Waals surface area (Å²) in [5.41, 5.74) is 6.96. The molecule has 1 aliphatic rings. The van der Waals surface area contributed by atoms with E-state index in [-0.39, 0.29) is 18.0 Å². The zero-order valence-electron chi connectivity index (χ0n) is 13.0. The zero-order valence-corrected chi connectivity index (χ0v) is 13.0. The second-order valence-corrected chi connectivity index (χ2v) is 6.06. The highest BCUT2D eigenvalue weighted by atomic mass is 16.1. The van der Waals surface area contributed by atoms with E-state index in [0.717, 1.165) is 36.6 Å². The van der Waals surface area contributed by atoms with Crippen LogP contribution in [0.15, 0.2) is 43.1 Å². The van der Waals surface area contributed by atoms with Crippen LogP contribution in [0, 0.1) is 0 Å². The summed E-state index contributed by atoms with van der Waals surface area (Å²) in [6.45, 7) is 3.50. The van der Waals surface area contributed by atoms with E-state index < -0.39 is 5.91 Å². The number of nitrogens with zero attached hydrogens (tertiary/aromatic N) is 1. The van der Waals surface area contributed by atoms with Gasteiger partial charge in [0.25, 0.3) is 5.91 Å². The zero-order chi connectivity index (χ0) is 16.4. The van der Waals surface area contributed by atoms with Gasteiger partial charge in [0.15, 0.2) is 0 Å². The molecule has 1 aromatic carbocycles. The third kappa shape index (κ3) is 2.99. The molecule has 23 heavy (non-hydrogen) atoms. The molecule has 1 saturated carbocycles. The molecule has 1 aliphatic carbocycles. The van der Waals surface area contributed by atoms with E-state index in [4.69, 9.17) is 5.73 Å². The van der Waals surface area contributed by atoms with Crippen LogP contribution < -0.4 is 11.1 Å². The van der Waals surface area contributed by atoms with Gasteiger partial charge in [0.2, 0.25) is 5.91 Å². The fraction of sp³-hybridized carbons (Fsp3) is 0.333. The van der Waals surface area contributed by atoms with Gasteiger partial charge < -0.3 is 15.6 Å². The van der Waals surface area contributed by atoms with Crippen LogP contribution in [-0.4, -0.2) is 22.4 Å². The molecule has 0 radical (unpaired) electrons. The predicted molar refractivity (Wildman–Crippen MR) is 90.1 cm³/mol. The Kier molecular flexibility index (Phi) is 4.19. The molecule has 3 rings (SSSR count). The minimum Gasteiger partial charge on any atom is -0.366 e. The maximum atomic E-state index is 11.7. The second-order valence-electron chi connectivity index (χ2n) is 6.06. The fourth-order valence-electron chi connectivity index (χ4n) is 3.53. The van der Waals surface area contributed by atoms with Crippen molar-refractivity contribution < 1.29 is 9.59 Å². The monoisotopic (exact) mass is 311 g/mol. The molecule has 1 aromatic heterocycles. The summed E-state index contributed by atoms with van der Waals surface area (Å²) in [6, 6.07) is 7.99. The molecular formula is C18H21N3O2. The van der Waals surface area contributed by atoms with Crippen LogP contribution in [0.25, 0.3) is 10.9 Å². The number of rotatable bonds is 4. The lowest BCUT2D eigenvalue weighted by Gasteiger charge is -2.31. The number of primary amides is 1. The number of benzene rings is 1. The van der Waals surface area contributed by atoms with Gasteiger partial charge in [-0.2, -0.15) is 0 Å².